The number of aliphatic hydroxyl groups is 1. The Balaban J connectivity index is 0.00000274. The van der Waals surface area contributed by atoms with Gasteiger partial charge < -0.3 is 20.1 Å². The van der Waals surface area contributed by atoms with Crippen molar-refractivity contribution in [3.8, 4) is 16.2 Å². The number of ether oxygens (including phenoxy) is 1. The van der Waals surface area contributed by atoms with Crippen molar-refractivity contribution in [1.82, 2.24) is 10.2 Å². The van der Waals surface area contributed by atoms with E-state index in [4.69, 9.17) is 16.3 Å². The van der Waals surface area contributed by atoms with Gasteiger partial charge in [-0.3, -0.25) is 0 Å². The van der Waals surface area contributed by atoms with Gasteiger partial charge in [-0.1, -0.05) is 29.8 Å². The summed E-state index contributed by atoms with van der Waals surface area (Å²) in [7, 11) is 1.61. The van der Waals surface area contributed by atoms with Crippen molar-refractivity contribution in [3.05, 3.63) is 64.5 Å². The third-order valence-electron chi connectivity index (χ3n) is 6.01. The Bertz CT molecular complexity index is 1260. The average molecular weight is 517 g/mol. The highest BCUT2D eigenvalue weighted by Crippen LogP contribution is 2.35. The Morgan fingerprint density at radius 3 is 2.65 bits per heavy atom. The maximum atomic E-state index is 9.92. The van der Waals surface area contributed by atoms with Crippen LogP contribution in [0.25, 0.3) is 21.2 Å². The van der Waals surface area contributed by atoms with Crippen LogP contribution in [0.1, 0.15) is 18.4 Å². The molecule has 1 saturated heterocycles. The number of thiophene rings is 1. The smallest absolute Gasteiger partial charge is 0.159 e. The number of aromatic nitrogens is 2. The molecule has 9 heteroatoms. The van der Waals surface area contributed by atoms with Gasteiger partial charge in [0.05, 0.1) is 18.2 Å². The van der Waals surface area contributed by atoms with Gasteiger partial charge >= 0.3 is 0 Å². The van der Waals surface area contributed by atoms with Crippen molar-refractivity contribution >= 4 is 57.8 Å². The van der Waals surface area contributed by atoms with E-state index in [2.05, 4.69) is 56.1 Å². The molecule has 0 atom stereocenters. The van der Waals surface area contributed by atoms with Gasteiger partial charge in [0.15, 0.2) is 11.6 Å². The first-order valence-corrected chi connectivity index (χ1v) is 12.2. The Labute approximate surface area is 213 Å². The summed E-state index contributed by atoms with van der Waals surface area (Å²) in [5.41, 5.74) is 2.18. The van der Waals surface area contributed by atoms with Crippen LogP contribution in [0, 0.1) is 0 Å². The van der Waals surface area contributed by atoms with E-state index in [9.17, 15) is 5.11 Å². The molecule has 178 valence electrons. The summed E-state index contributed by atoms with van der Waals surface area (Å²) in [5.74, 6) is 2.26. The van der Waals surface area contributed by atoms with E-state index < -0.39 is 0 Å². The molecule has 0 saturated carbocycles. The lowest BCUT2D eigenvalue weighted by molar-refractivity contribution is 0.145. The number of fused-ring (bicyclic) bond motifs is 1. The second-order valence-corrected chi connectivity index (χ2v) is 9.51. The van der Waals surface area contributed by atoms with Crippen molar-refractivity contribution < 1.29 is 9.84 Å². The molecule has 1 aliphatic heterocycles. The van der Waals surface area contributed by atoms with Crippen molar-refractivity contribution in [1.29, 1.82) is 0 Å². The third-order valence-corrected chi connectivity index (χ3v) is 7.22. The molecule has 2 N–H and O–H groups in total. The monoisotopic (exact) mass is 516 g/mol. The molecule has 6 nitrogen and oxygen atoms in total. The van der Waals surface area contributed by atoms with Crippen LogP contribution in [0.5, 0.6) is 5.75 Å². The Morgan fingerprint density at radius 1 is 1.12 bits per heavy atom. The molecule has 1 fully saturated rings. The number of nitrogens with zero attached hydrogens (tertiary/aromatic N) is 3. The lowest BCUT2D eigenvalue weighted by atomic mass is 10.0. The second-order valence-electron chi connectivity index (χ2n) is 8.15. The largest absolute Gasteiger partial charge is 0.495 e. The van der Waals surface area contributed by atoms with Crippen LogP contribution in [0.2, 0.25) is 5.02 Å². The van der Waals surface area contributed by atoms with Crippen LogP contribution in [0.3, 0.4) is 0 Å². The lowest BCUT2D eigenvalue weighted by Gasteiger charge is -2.31. The second kappa shape index (κ2) is 10.8. The number of methoxy groups -OCH3 is 1. The highest BCUT2D eigenvalue weighted by molar-refractivity contribution is 7.13. The number of hydrogen-bond donors (Lipinski definition) is 2. The third kappa shape index (κ3) is 5.08. The number of nitrogens with one attached hydrogen (secondary N) is 1. The minimum atomic E-state index is -0.233. The zero-order valence-corrected chi connectivity index (χ0v) is 21.1. The highest BCUT2D eigenvalue weighted by Gasteiger charge is 2.21. The number of benzene rings is 2. The topological polar surface area (TPSA) is 70.5 Å². The predicted octanol–water partition coefficient (Wildman–Crippen LogP) is 6.02. The molecule has 0 unspecified atom stereocenters. The van der Waals surface area contributed by atoms with Crippen LogP contribution in [0.15, 0.2) is 53.9 Å². The van der Waals surface area contributed by atoms with Gasteiger partial charge in [-0.15, -0.1) is 33.9 Å². The molecule has 2 aromatic heterocycles. The van der Waals surface area contributed by atoms with E-state index in [0.29, 0.717) is 17.3 Å². The fourth-order valence-corrected chi connectivity index (χ4v) is 5.19. The first-order valence-electron chi connectivity index (χ1n) is 11.0. The number of halogens is 2. The molecule has 0 amide bonds. The van der Waals surface area contributed by atoms with Crippen molar-refractivity contribution in [2.24, 2.45) is 0 Å². The van der Waals surface area contributed by atoms with Crippen LogP contribution in [-0.2, 0) is 6.54 Å². The van der Waals surface area contributed by atoms with E-state index in [1.54, 1.807) is 18.4 Å². The van der Waals surface area contributed by atoms with Gasteiger partial charge in [-0.2, -0.15) is 0 Å². The van der Waals surface area contributed by atoms with E-state index in [1.807, 2.05) is 18.2 Å². The normalized spacial score (nSPS) is 14.1. The number of aliphatic hydroxyl groups excluding tert-OH is 1. The molecule has 0 radical (unpaired) electrons. The summed E-state index contributed by atoms with van der Waals surface area (Å²) < 4.78 is 5.25. The predicted molar refractivity (Wildman–Crippen MR) is 143 cm³/mol. The number of anilines is 2. The first-order chi connectivity index (χ1) is 16.1. The summed E-state index contributed by atoms with van der Waals surface area (Å²) in [6.45, 7) is 2.11. The van der Waals surface area contributed by atoms with E-state index in [-0.39, 0.29) is 18.5 Å². The van der Waals surface area contributed by atoms with E-state index >= 15 is 0 Å². The van der Waals surface area contributed by atoms with Crippen LogP contribution >= 0.6 is 35.3 Å². The molecule has 34 heavy (non-hydrogen) atoms. The van der Waals surface area contributed by atoms with Gasteiger partial charge in [0.1, 0.15) is 5.75 Å². The lowest BCUT2D eigenvalue weighted by Crippen LogP contribution is -2.36. The molecule has 3 heterocycles. The van der Waals surface area contributed by atoms with Crippen molar-refractivity contribution in [3.63, 3.8) is 0 Å². The average Bonchev–Trinajstić information content (AvgIpc) is 3.38. The van der Waals surface area contributed by atoms with Gasteiger partial charge in [0, 0.05) is 35.3 Å². The molecular weight excluding hydrogens is 491 g/mol. The Hall–Kier alpha value is -2.58. The number of hydrogen-bond acceptors (Lipinski definition) is 7. The number of piperidine rings is 1. The molecule has 2 aromatic carbocycles. The van der Waals surface area contributed by atoms with Gasteiger partial charge in [-0.05, 0) is 59.7 Å². The summed E-state index contributed by atoms with van der Waals surface area (Å²) in [5, 5.41) is 27.3. The van der Waals surface area contributed by atoms with Crippen LogP contribution in [-0.4, -0.2) is 41.6 Å². The zero-order valence-electron chi connectivity index (χ0n) is 18.7. The van der Waals surface area contributed by atoms with Crippen LogP contribution < -0.4 is 15.0 Å². The fourth-order valence-electron chi connectivity index (χ4n) is 4.18. The van der Waals surface area contributed by atoms with Crippen molar-refractivity contribution in [2.75, 3.05) is 30.4 Å². The van der Waals surface area contributed by atoms with E-state index in [1.165, 1.54) is 4.88 Å². The van der Waals surface area contributed by atoms with Gasteiger partial charge in [-0.25, -0.2) is 0 Å². The molecule has 0 spiro atoms. The number of rotatable bonds is 6. The summed E-state index contributed by atoms with van der Waals surface area (Å²) in [4.78, 5) is 3.43. The minimum absolute atomic E-state index is 0. The Kier molecular flexibility index (Phi) is 7.78. The highest BCUT2D eigenvalue weighted by atomic mass is 35.5. The van der Waals surface area contributed by atoms with E-state index in [0.717, 1.165) is 59.5 Å². The summed E-state index contributed by atoms with van der Waals surface area (Å²) >= 11 is 8.02. The van der Waals surface area contributed by atoms with Gasteiger partial charge in [0.2, 0.25) is 0 Å². The van der Waals surface area contributed by atoms with Gasteiger partial charge in [0.25, 0.3) is 0 Å². The zero-order chi connectivity index (χ0) is 22.8. The molecule has 5 rings (SSSR count). The molecule has 0 bridgehead atoms. The molecule has 1 aliphatic rings. The fraction of sp³-hybridized carbons (Fsp3) is 0.280. The maximum absolute atomic E-state index is 9.92. The standard InChI is InChI=1S/C25H25ClN4O2S.ClH/c1-32-22-7-4-16(13-21(22)26)15-27-24-20-14-17(23-3-2-12-33-23)5-6-19(20)25(29-28-24)30-10-8-18(31)9-11-30;/h2-7,12-14,18,31H,8-11,15H2,1H3,(H,27,28);1H. The minimum Gasteiger partial charge on any atom is -0.495 e. The molecule has 0 aliphatic carbocycles. The summed E-state index contributed by atoms with van der Waals surface area (Å²) in [6, 6.07) is 16.4. The summed E-state index contributed by atoms with van der Waals surface area (Å²) in [6.07, 6.45) is 1.26. The Morgan fingerprint density at radius 2 is 1.94 bits per heavy atom. The molecule has 4 aromatic rings. The van der Waals surface area contributed by atoms with Crippen LogP contribution in [0.4, 0.5) is 11.6 Å². The quantitative estimate of drug-likeness (QED) is 0.326. The first kappa shape index (κ1) is 24.5. The molecular formula is C25H26Cl2N4O2S. The maximum Gasteiger partial charge on any atom is 0.159 e. The van der Waals surface area contributed by atoms with Crippen molar-refractivity contribution in [2.45, 2.75) is 25.5 Å². The SMILES string of the molecule is COc1ccc(CNc2nnc(N3CCC(O)CC3)c3ccc(-c4cccs4)cc23)cc1Cl.Cl.